The zero-order valence-electron chi connectivity index (χ0n) is 17.0. The third-order valence-electron chi connectivity index (χ3n) is 4.49. The zero-order valence-corrected chi connectivity index (χ0v) is 19.3. The van der Waals surface area contributed by atoms with E-state index in [9.17, 15) is 9.59 Å². The summed E-state index contributed by atoms with van der Waals surface area (Å²) < 4.78 is 1.74. The number of benzene rings is 2. The largest absolute Gasteiger partial charge is 0.345 e. The summed E-state index contributed by atoms with van der Waals surface area (Å²) in [5, 5.41) is 15.1. The zero-order chi connectivity index (χ0) is 22.4. The molecule has 3 aromatic rings. The molecular weight excluding hydrogens is 457 g/mol. The monoisotopic (exact) mass is 477 g/mol. The highest BCUT2D eigenvalue weighted by atomic mass is 35.5. The van der Waals surface area contributed by atoms with Crippen molar-refractivity contribution >= 4 is 52.5 Å². The Balaban J connectivity index is 1.51. The van der Waals surface area contributed by atoms with Crippen LogP contribution in [0.4, 0.5) is 5.69 Å². The van der Waals surface area contributed by atoms with Gasteiger partial charge in [-0.25, -0.2) is 0 Å². The molecule has 0 spiro atoms. The number of rotatable bonds is 8. The van der Waals surface area contributed by atoms with Crippen LogP contribution >= 0.6 is 35.0 Å². The fourth-order valence-electron chi connectivity index (χ4n) is 2.67. The fourth-order valence-corrected chi connectivity index (χ4v) is 3.70. The van der Waals surface area contributed by atoms with Crippen molar-refractivity contribution < 1.29 is 9.59 Å². The standard InChI is InChI=1S/C21H21Cl2N5O2S/c1-3-13-4-7-15(8-5-13)25-19(29)12-31-21-27-26-18(28(21)2)11-24-20(30)14-6-9-16(22)17(23)10-14/h4-10H,3,11-12H2,1-2H3,(H,24,30)(H,25,29). The predicted octanol–water partition coefficient (Wildman–Crippen LogP) is 4.35. The lowest BCUT2D eigenvalue weighted by Crippen LogP contribution is -2.24. The molecule has 1 heterocycles. The highest BCUT2D eigenvalue weighted by Crippen LogP contribution is 2.22. The Bertz CT molecular complexity index is 1090. The lowest BCUT2D eigenvalue weighted by molar-refractivity contribution is -0.113. The van der Waals surface area contributed by atoms with Crippen molar-refractivity contribution in [3.8, 4) is 0 Å². The fraction of sp³-hybridized carbons (Fsp3) is 0.238. The Morgan fingerprint density at radius 2 is 1.81 bits per heavy atom. The van der Waals surface area contributed by atoms with Gasteiger partial charge in [0, 0.05) is 18.3 Å². The Morgan fingerprint density at radius 1 is 1.06 bits per heavy atom. The van der Waals surface area contributed by atoms with Gasteiger partial charge in [0.15, 0.2) is 11.0 Å². The van der Waals surface area contributed by atoms with E-state index < -0.39 is 0 Å². The van der Waals surface area contributed by atoms with E-state index in [4.69, 9.17) is 23.2 Å². The van der Waals surface area contributed by atoms with Gasteiger partial charge in [0.2, 0.25) is 5.91 Å². The number of nitrogens with one attached hydrogen (secondary N) is 2. The first-order valence-corrected chi connectivity index (χ1v) is 11.2. The first-order valence-electron chi connectivity index (χ1n) is 9.50. The number of aromatic nitrogens is 3. The van der Waals surface area contributed by atoms with Crippen molar-refractivity contribution in [2.45, 2.75) is 25.0 Å². The van der Waals surface area contributed by atoms with Gasteiger partial charge in [-0.3, -0.25) is 9.59 Å². The number of carbonyl (C=O) groups is 2. The average Bonchev–Trinajstić information content (AvgIpc) is 3.12. The molecule has 0 saturated heterocycles. The number of anilines is 1. The average molecular weight is 478 g/mol. The van der Waals surface area contributed by atoms with Crippen LogP contribution in [0.1, 0.15) is 28.7 Å². The summed E-state index contributed by atoms with van der Waals surface area (Å²) in [6.07, 6.45) is 0.951. The smallest absolute Gasteiger partial charge is 0.251 e. The minimum Gasteiger partial charge on any atom is -0.345 e. The third kappa shape index (κ3) is 6.22. The second-order valence-electron chi connectivity index (χ2n) is 6.66. The summed E-state index contributed by atoms with van der Waals surface area (Å²) in [6.45, 7) is 2.26. The van der Waals surface area contributed by atoms with Crippen LogP contribution < -0.4 is 10.6 Å². The van der Waals surface area contributed by atoms with Crippen molar-refractivity contribution in [3.05, 3.63) is 69.5 Å². The van der Waals surface area contributed by atoms with Crippen LogP contribution in [0.2, 0.25) is 10.0 Å². The highest BCUT2D eigenvalue weighted by Gasteiger charge is 2.14. The topological polar surface area (TPSA) is 88.9 Å². The summed E-state index contributed by atoms with van der Waals surface area (Å²) in [4.78, 5) is 24.5. The molecule has 2 amide bonds. The number of amides is 2. The van der Waals surface area contributed by atoms with Gasteiger partial charge in [0.25, 0.3) is 5.91 Å². The van der Waals surface area contributed by atoms with E-state index in [2.05, 4.69) is 27.8 Å². The number of aryl methyl sites for hydroxylation is 1. The Labute approximate surface area is 194 Å². The van der Waals surface area contributed by atoms with E-state index in [1.54, 1.807) is 23.7 Å². The maximum Gasteiger partial charge on any atom is 0.251 e. The summed E-state index contributed by atoms with van der Waals surface area (Å²) in [7, 11) is 1.78. The molecule has 162 valence electrons. The molecule has 1 aromatic heterocycles. The maximum absolute atomic E-state index is 12.3. The second kappa shape index (κ2) is 10.7. The van der Waals surface area contributed by atoms with Crippen LogP contribution in [-0.2, 0) is 24.8 Å². The van der Waals surface area contributed by atoms with E-state index in [-0.39, 0.29) is 24.1 Å². The molecule has 3 rings (SSSR count). The maximum atomic E-state index is 12.3. The third-order valence-corrected chi connectivity index (χ3v) is 6.25. The molecule has 0 saturated carbocycles. The van der Waals surface area contributed by atoms with Gasteiger partial charge >= 0.3 is 0 Å². The minimum atomic E-state index is -0.302. The molecule has 2 aromatic carbocycles. The van der Waals surface area contributed by atoms with Crippen molar-refractivity contribution in [1.82, 2.24) is 20.1 Å². The van der Waals surface area contributed by atoms with Crippen LogP contribution in [0.15, 0.2) is 47.6 Å². The SMILES string of the molecule is CCc1ccc(NC(=O)CSc2nnc(CNC(=O)c3ccc(Cl)c(Cl)c3)n2C)cc1. The molecule has 0 atom stereocenters. The second-order valence-corrected chi connectivity index (χ2v) is 8.41. The van der Waals surface area contributed by atoms with Crippen LogP contribution in [0.25, 0.3) is 0 Å². The van der Waals surface area contributed by atoms with Crippen molar-refractivity contribution in [3.63, 3.8) is 0 Å². The molecule has 0 unspecified atom stereocenters. The molecule has 0 bridgehead atoms. The quantitative estimate of drug-likeness (QED) is 0.470. The van der Waals surface area contributed by atoms with E-state index in [1.165, 1.54) is 23.4 Å². The first kappa shape index (κ1) is 23.1. The van der Waals surface area contributed by atoms with Crippen molar-refractivity contribution in [1.29, 1.82) is 0 Å². The van der Waals surface area contributed by atoms with Gasteiger partial charge in [-0.1, -0.05) is 54.0 Å². The molecule has 31 heavy (non-hydrogen) atoms. The Kier molecular flexibility index (Phi) is 7.95. The molecule has 7 nitrogen and oxygen atoms in total. The molecule has 2 N–H and O–H groups in total. The number of carbonyl (C=O) groups excluding carboxylic acids is 2. The van der Waals surface area contributed by atoms with E-state index in [0.717, 1.165) is 12.1 Å². The van der Waals surface area contributed by atoms with Gasteiger partial charge in [-0.15, -0.1) is 10.2 Å². The van der Waals surface area contributed by atoms with Crippen LogP contribution in [0.5, 0.6) is 0 Å². The lowest BCUT2D eigenvalue weighted by atomic mass is 10.1. The number of hydrogen-bond acceptors (Lipinski definition) is 5. The molecule has 0 fully saturated rings. The van der Waals surface area contributed by atoms with Gasteiger partial charge in [-0.2, -0.15) is 0 Å². The van der Waals surface area contributed by atoms with Gasteiger partial charge < -0.3 is 15.2 Å². The normalized spacial score (nSPS) is 10.7. The van der Waals surface area contributed by atoms with Gasteiger partial charge in [0.1, 0.15) is 0 Å². The van der Waals surface area contributed by atoms with Gasteiger partial charge in [-0.05, 0) is 42.3 Å². The molecule has 0 radical (unpaired) electrons. The van der Waals surface area contributed by atoms with E-state index in [0.29, 0.717) is 26.6 Å². The summed E-state index contributed by atoms with van der Waals surface area (Å²) in [6, 6.07) is 12.4. The Hall–Kier alpha value is -2.55. The summed E-state index contributed by atoms with van der Waals surface area (Å²) >= 11 is 13.1. The van der Waals surface area contributed by atoms with Crippen molar-refractivity contribution in [2.24, 2.45) is 7.05 Å². The predicted molar refractivity (Wildman–Crippen MR) is 124 cm³/mol. The molecule has 0 aliphatic heterocycles. The first-order chi connectivity index (χ1) is 14.9. The summed E-state index contributed by atoms with van der Waals surface area (Å²) in [5.74, 6) is 0.319. The van der Waals surface area contributed by atoms with Crippen LogP contribution in [-0.4, -0.2) is 32.3 Å². The van der Waals surface area contributed by atoms with Crippen LogP contribution in [0.3, 0.4) is 0 Å². The minimum absolute atomic E-state index is 0.133. The highest BCUT2D eigenvalue weighted by molar-refractivity contribution is 7.99. The lowest BCUT2D eigenvalue weighted by Gasteiger charge is -2.07. The molecule has 0 aliphatic rings. The van der Waals surface area contributed by atoms with E-state index >= 15 is 0 Å². The van der Waals surface area contributed by atoms with Gasteiger partial charge in [0.05, 0.1) is 22.3 Å². The number of nitrogens with zero attached hydrogens (tertiary/aromatic N) is 3. The van der Waals surface area contributed by atoms with Crippen LogP contribution in [0, 0.1) is 0 Å². The van der Waals surface area contributed by atoms with Crippen molar-refractivity contribution in [2.75, 3.05) is 11.1 Å². The molecular formula is C21H21Cl2N5O2S. The molecule has 10 heteroatoms. The molecule has 0 aliphatic carbocycles. The Morgan fingerprint density at radius 3 is 2.48 bits per heavy atom. The number of thioether (sulfide) groups is 1. The summed E-state index contributed by atoms with van der Waals surface area (Å²) in [5.41, 5.74) is 2.37. The number of halogens is 2. The van der Waals surface area contributed by atoms with E-state index in [1.807, 2.05) is 24.3 Å². The number of hydrogen-bond donors (Lipinski definition) is 2.